The van der Waals surface area contributed by atoms with E-state index in [0.717, 1.165) is 17.0 Å². The molecule has 5 heteroatoms. The van der Waals surface area contributed by atoms with Crippen LogP contribution in [0.4, 0.5) is 8.78 Å². The van der Waals surface area contributed by atoms with Gasteiger partial charge in [0.2, 0.25) is 0 Å². The standard InChI is InChI=1S/C25H17F2O2S/c26-19-15-18(16-20(27)17-19)25(28)29-21-11-13-24(14-12-21)30(22-7-3-1-4-8-22)23-9-5-2-6-10-23/h1-17H/q+1. The third-order valence-electron chi connectivity index (χ3n) is 4.33. The number of ether oxygens (including phenoxy) is 1. The fourth-order valence-electron chi connectivity index (χ4n) is 3.00. The molecule has 0 aliphatic heterocycles. The zero-order chi connectivity index (χ0) is 20.9. The summed E-state index contributed by atoms with van der Waals surface area (Å²) in [6.07, 6.45) is 0. The number of carbonyl (C=O) groups is 1. The Morgan fingerprint density at radius 2 is 1.10 bits per heavy atom. The summed E-state index contributed by atoms with van der Waals surface area (Å²) in [5.41, 5.74) is -0.176. The van der Waals surface area contributed by atoms with Crippen LogP contribution >= 0.6 is 0 Å². The first-order valence-corrected chi connectivity index (χ1v) is 10.5. The number of benzene rings is 4. The number of halogens is 2. The largest absolute Gasteiger partial charge is 0.423 e. The molecule has 4 aromatic rings. The van der Waals surface area contributed by atoms with Gasteiger partial charge in [-0.3, -0.25) is 0 Å². The monoisotopic (exact) mass is 419 g/mol. The highest BCUT2D eigenvalue weighted by atomic mass is 32.2. The van der Waals surface area contributed by atoms with Crippen molar-refractivity contribution in [3.8, 4) is 5.75 Å². The quantitative estimate of drug-likeness (QED) is 0.216. The van der Waals surface area contributed by atoms with E-state index in [-0.39, 0.29) is 16.5 Å². The van der Waals surface area contributed by atoms with E-state index in [1.807, 2.05) is 48.5 Å². The Balaban J connectivity index is 1.60. The van der Waals surface area contributed by atoms with Crippen LogP contribution in [0.5, 0.6) is 5.75 Å². The predicted molar refractivity (Wildman–Crippen MR) is 113 cm³/mol. The zero-order valence-electron chi connectivity index (χ0n) is 15.8. The van der Waals surface area contributed by atoms with E-state index < -0.39 is 17.6 Å². The molecule has 0 spiro atoms. The van der Waals surface area contributed by atoms with Crippen molar-refractivity contribution in [2.45, 2.75) is 14.7 Å². The van der Waals surface area contributed by atoms with E-state index in [1.165, 1.54) is 9.79 Å². The average molecular weight is 419 g/mol. The minimum atomic E-state index is -0.827. The van der Waals surface area contributed by atoms with Crippen LogP contribution in [0.3, 0.4) is 0 Å². The third-order valence-corrected chi connectivity index (χ3v) is 6.56. The molecule has 4 rings (SSSR count). The minimum absolute atomic E-state index is 0.176. The van der Waals surface area contributed by atoms with Crippen molar-refractivity contribution in [3.05, 3.63) is 120 Å². The summed E-state index contributed by atoms with van der Waals surface area (Å²) in [5.74, 6) is -2.16. The van der Waals surface area contributed by atoms with E-state index in [9.17, 15) is 13.6 Å². The summed E-state index contributed by atoms with van der Waals surface area (Å²) in [6.45, 7) is 0. The third kappa shape index (κ3) is 4.58. The molecular weight excluding hydrogens is 402 g/mol. The lowest BCUT2D eigenvalue weighted by atomic mass is 10.2. The molecule has 0 N–H and O–H groups in total. The number of hydrogen-bond acceptors (Lipinski definition) is 2. The summed E-state index contributed by atoms with van der Waals surface area (Å²) >= 11 is 0. The van der Waals surface area contributed by atoms with Gasteiger partial charge in [-0.1, -0.05) is 36.4 Å². The van der Waals surface area contributed by atoms with Crippen molar-refractivity contribution in [2.24, 2.45) is 0 Å². The summed E-state index contributed by atoms with van der Waals surface area (Å²) in [4.78, 5) is 15.6. The molecule has 0 saturated carbocycles. The number of hydrogen-bond donors (Lipinski definition) is 0. The van der Waals surface area contributed by atoms with E-state index >= 15 is 0 Å². The molecule has 0 heterocycles. The first kappa shape index (κ1) is 19.9. The van der Waals surface area contributed by atoms with E-state index in [2.05, 4.69) is 24.3 Å². The van der Waals surface area contributed by atoms with Crippen molar-refractivity contribution < 1.29 is 18.3 Å². The van der Waals surface area contributed by atoms with Gasteiger partial charge in [0, 0.05) is 6.07 Å². The molecular formula is C25H17F2O2S+. The number of esters is 1. The maximum atomic E-state index is 13.3. The molecule has 0 atom stereocenters. The van der Waals surface area contributed by atoms with Crippen LogP contribution in [0.1, 0.15) is 10.4 Å². The Morgan fingerprint density at radius 3 is 1.60 bits per heavy atom. The Bertz CT molecular complexity index is 1090. The average Bonchev–Trinajstić information content (AvgIpc) is 2.76. The summed E-state index contributed by atoms with van der Waals surface area (Å²) in [5, 5.41) is 0. The molecule has 0 unspecified atom stereocenters. The van der Waals surface area contributed by atoms with Crippen LogP contribution in [-0.2, 0) is 10.9 Å². The van der Waals surface area contributed by atoms with Gasteiger partial charge in [0.25, 0.3) is 0 Å². The fourth-order valence-corrected chi connectivity index (χ4v) is 5.09. The number of rotatable bonds is 5. The van der Waals surface area contributed by atoms with Gasteiger partial charge in [0.15, 0.2) is 14.7 Å². The Hall–Kier alpha value is -3.44. The van der Waals surface area contributed by atoms with Crippen molar-refractivity contribution in [1.29, 1.82) is 0 Å². The lowest BCUT2D eigenvalue weighted by Gasteiger charge is -2.09. The van der Waals surface area contributed by atoms with Crippen LogP contribution in [0.2, 0.25) is 0 Å². The molecule has 0 saturated heterocycles. The van der Waals surface area contributed by atoms with E-state index in [0.29, 0.717) is 11.8 Å². The summed E-state index contributed by atoms with van der Waals surface area (Å²) in [7, 11) is -0.317. The first-order valence-electron chi connectivity index (χ1n) is 9.23. The smallest absolute Gasteiger partial charge is 0.343 e. The topological polar surface area (TPSA) is 26.3 Å². The van der Waals surface area contributed by atoms with E-state index in [1.54, 1.807) is 12.1 Å². The van der Waals surface area contributed by atoms with Crippen molar-refractivity contribution in [1.82, 2.24) is 0 Å². The summed E-state index contributed by atoms with van der Waals surface area (Å²) < 4.78 is 32.0. The van der Waals surface area contributed by atoms with Crippen LogP contribution < -0.4 is 4.74 Å². The van der Waals surface area contributed by atoms with Crippen LogP contribution in [0, 0.1) is 11.6 Å². The second kappa shape index (κ2) is 8.93. The molecule has 0 aliphatic rings. The molecule has 148 valence electrons. The second-order valence-electron chi connectivity index (χ2n) is 6.45. The molecule has 0 aromatic heterocycles. The first-order chi connectivity index (χ1) is 14.6. The predicted octanol–water partition coefficient (Wildman–Crippen LogP) is 6.28. The fraction of sp³-hybridized carbons (Fsp3) is 0. The van der Waals surface area contributed by atoms with Gasteiger partial charge in [-0.15, -0.1) is 0 Å². The summed E-state index contributed by atoms with van der Waals surface area (Å²) in [6, 6.07) is 30.1. The molecule has 0 radical (unpaired) electrons. The van der Waals surface area contributed by atoms with Crippen molar-refractivity contribution >= 4 is 16.9 Å². The van der Waals surface area contributed by atoms with Crippen molar-refractivity contribution in [3.63, 3.8) is 0 Å². The molecule has 30 heavy (non-hydrogen) atoms. The van der Waals surface area contributed by atoms with Gasteiger partial charge < -0.3 is 4.74 Å². The van der Waals surface area contributed by atoms with Crippen LogP contribution in [-0.4, -0.2) is 5.97 Å². The lowest BCUT2D eigenvalue weighted by Crippen LogP contribution is -2.10. The van der Waals surface area contributed by atoms with Gasteiger partial charge in [0.05, 0.1) is 16.5 Å². The Kier molecular flexibility index (Phi) is 5.91. The van der Waals surface area contributed by atoms with Gasteiger partial charge in [0.1, 0.15) is 17.4 Å². The Labute approximate surface area is 176 Å². The van der Waals surface area contributed by atoms with E-state index in [4.69, 9.17) is 4.74 Å². The van der Waals surface area contributed by atoms with Gasteiger partial charge >= 0.3 is 5.97 Å². The highest BCUT2D eigenvalue weighted by Crippen LogP contribution is 2.32. The molecule has 0 fully saturated rings. The maximum absolute atomic E-state index is 13.3. The van der Waals surface area contributed by atoms with Crippen LogP contribution in [0.15, 0.2) is 118 Å². The molecule has 4 aromatic carbocycles. The highest BCUT2D eigenvalue weighted by molar-refractivity contribution is 7.97. The molecule has 0 amide bonds. The normalized spacial score (nSPS) is 10.8. The lowest BCUT2D eigenvalue weighted by molar-refractivity contribution is 0.0733. The second-order valence-corrected chi connectivity index (χ2v) is 8.48. The number of carbonyl (C=O) groups excluding carboxylic acids is 1. The van der Waals surface area contributed by atoms with Gasteiger partial charge in [-0.25, -0.2) is 13.6 Å². The Morgan fingerprint density at radius 1 is 0.633 bits per heavy atom. The molecule has 2 nitrogen and oxygen atoms in total. The highest BCUT2D eigenvalue weighted by Gasteiger charge is 2.28. The minimum Gasteiger partial charge on any atom is -0.423 e. The zero-order valence-corrected chi connectivity index (χ0v) is 16.6. The molecule has 0 aliphatic carbocycles. The van der Waals surface area contributed by atoms with Gasteiger partial charge in [-0.2, -0.15) is 0 Å². The van der Waals surface area contributed by atoms with Crippen LogP contribution in [0.25, 0.3) is 0 Å². The molecule has 0 bridgehead atoms. The van der Waals surface area contributed by atoms with Gasteiger partial charge in [-0.05, 0) is 60.7 Å². The van der Waals surface area contributed by atoms with Crippen molar-refractivity contribution in [2.75, 3.05) is 0 Å². The SMILES string of the molecule is O=C(Oc1ccc([S+](c2ccccc2)c2ccccc2)cc1)c1cc(F)cc(F)c1. The maximum Gasteiger partial charge on any atom is 0.343 e.